The molecule has 0 saturated heterocycles. The average molecular weight is 376 g/mol. The van der Waals surface area contributed by atoms with Gasteiger partial charge in [0.15, 0.2) is 5.69 Å². The lowest BCUT2D eigenvalue weighted by Gasteiger charge is -2.35. The van der Waals surface area contributed by atoms with Crippen LogP contribution in [-0.4, -0.2) is 48.9 Å². The van der Waals surface area contributed by atoms with Crippen molar-refractivity contribution in [3.63, 3.8) is 0 Å². The Labute approximate surface area is 162 Å². The van der Waals surface area contributed by atoms with E-state index in [0.717, 1.165) is 11.4 Å². The van der Waals surface area contributed by atoms with Crippen LogP contribution in [0.25, 0.3) is 5.69 Å². The van der Waals surface area contributed by atoms with Crippen LogP contribution in [0.5, 0.6) is 0 Å². The van der Waals surface area contributed by atoms with Crippen LogP contribution < -0.4 is 9.80 Å². The quantitative estimate of drug-likeness (QED) is 0.658. The molecule has 0 saturated carbocycles. The number of benzene rings is 2. The molecule has 0 bridgehead atoms. The lowest BCUT2D eigenvalue weighted by Crippen LogP contribution is -2.43. The number of hydrogen-bond acceptors (Lipinski definition) is 5. The highest BCUT2D eigenvalue weighted by Crippen LogP contribution is 2.33. The van der Waals surface area contributed by atoms with Crippen molar-refractivity contribution < 1.29 is 14.3 Å². The molecule has 1 aliphatic heterocycles. The van der Waals surface area contributed by atoms with E-state index in [-0.39, 0.29) is 11.6 Å². The Morgan fingerprint density at radius 2 is 1.64 bits per heavy atom. The summed E-state index contributed by atoms with van der Waals surface area (Å²) in [6.45, 7) is 1.26. The van der Waals surface area contributed by atoms with E-state index in [4.69, 9.17) is 4.74 Å². The van der Waals surface area contributed by atoms with Crippen molar-refractivity contribution in [1.82, 2.24) is 9.78 Å². The highest BCUT2D eigenvalue weighted by Gasteiger charge is 2.29. The predicted octanol–water partition coefficient (Wildman–Crippen LogP) is 2.76. The number of rotatable bonds is 3. The lowest BCUT2D eigenvalue weighted by atomic mass is 10.1. The molecule has 0 aliphatic carbocycles. The second kappa shape index (κ2) is 7.19. The van der Waals surface area contributed by atoms with Gasteiger partial charge in [-0.25, -0.2) is 9.48 Å². The van der Waals surface area contributed by atoms with Gasteiger partial charge in [0.2, 0.25) is 0 Å². The summed E-state index contributed by atoms with van der Waals surface area (Å²) >= 11 is 0. The number of fused-ring (bicyclic) bond motifs is 1. The Hall–Kier alpha value is -3.61. The minimum atomic E-state index is -0.581. The molecule has 0 spiro atoms. The van der Waals surface area contributed by atoms with E-state index in [1.54, 1.807) is 4.90 Å². The second-order valence-electron chi connectivity index (χ2n) is 6.52. The Morgan fingerprint density at radius 3 is 2.36 bits per heavy atom. The van der Waals surface area contributed by atoms with Gasteiger partial charge in [-0.1, -0.05) is 30.3 Å². The smallest absolute Gasteiger partial charge is 0.358 e. The molecule has 2 aromatic carbocycles. The number of hydrogen-bond donors (Lipinski definition) is 0. The third-order valence-corrected chi connectivity index (χ3v) is 4.81. The summed E-state index contributed by atoms with van der Waals surface area (Å²) in [7, 11) is 3.30. The summed E-state index contributed by atoms with van der Waals surface area (Å²) in [5.41, 5.74) is 2.93. The third kappa shape index (κ3) is 3.00. The van der Waals surface area contributed by atoms with Crippen LogP contribution in [0.1, 0.15) is 21.0 Å². The number of carbonyl (C=O) groups excluding carboxylic acids is 2. The van der Waals surface area contributed by atoms with Crippen molar-refractivity contribution in [2.24, 2.45) is 0 Å². The second-order valence-corrected chi connectivity index (χ2v) is 6.52. The first-order valence-electron chi connectivity index (χ1n) is 8.96. The van der Waals surface area contributed by atoms with E-state index in [2.05, 4.69) is 10.00 Å². The monoisotopic (exact) mass is 376 g/mol. The zero-order valence-corrected chi connectivity index (χ0v) is 15.7. The molecular formula is C21H20N4O3. The van der Waals surface area contributed by atoms with Gasteiger partial charge in [0, 0.05) is 26.2 Å². The number of carbonyl (C=O) groups is 2. The van der Waals surface area contributed by atoms with Gasteiger partial charge in [-0.05, 0) is 24.3 Å². The number of anilines is 2. The van der Waals surface area contributed by atoms with Crippen LogP contribution in [0, 0.1) is 0 Å². The molecule has 0 unspecified atom stereocenters. The van der Waals surface area contributed by atoms with Crippen LogP contribution in [0.2, 0.25) is 0 Å². The minimum Gasteiger partial charge on any atom is -0.464 e. The van der Waals surface area contributed by atoms with Crippen LogP contribution in [-0.2, 0) is 4.74 Å². The minimum absolute atomic E-state index is 0.0946. The molecule has 0 fully saturated rings. The van der Waals surface area contributed by atoms with Crippen molar-refractivity contribution in [1.29, 1.82) is 0 Å². The number of likely N-dealkylation sites (N-methyl/N-ethyl adjacent to an activating group) is 1. The molecular weight excluding hydrogens is 356 g/mol. The molecule has 7 heteroatoms. The van der Waals surface area contributed by atoms with E-state index in [0.29, 0.717) is 24.5 Å². The summed E-state index contributed by atoms with van der Waals surface area (Å²) < 4.78 is 6.29. The first kappa shape index (κ1) is 17.8. The van der Waals surface area contributed by atoms with Gasteiger partial charge in [0.05, 0.1) is 24.2 Å². The SMILES string of the molecule is COC(=O)c1cc(C(=O)N2CCN(C)c3ccccc32)n(-c2ccccc2)n1. The Kier molecular flexibility index (Phi) is 4.57. The maximum absolute atomic E-state index is 13.5. The van der Waals surface area contributed by atoms with Gasteiger partial charge in [-0.3, -0.25) is 4.79 Å². The average Bonchev–Trinajstić information content (AvgIpc) is 3.19. The summed E-state index contributed by atoms with van der Waals surface area (Å²) in [4.78, 5) is 29.4. The summed E-state index contributed by atoms with van der Waals surface area (Å²) in [5, 5.41) is 4.32. The number of aromatic nitrogens is 2. The Morgan fingerprint density at radius 1 is 0.964 bits per heavy atom. The van der Waals surface area contributed by atoms with E-state index >= 15 is 0 Å². The lowest BCUT2D eigenvalue weighted by molar-refractivity contribution is 0.0593. The Bertz CT molecular complexity index is 1030. The van der Waals surface area contributed by atoms with Gasteiger partial charge >= 0.3 is 5.97 Å². The fourth-order valence-electron chi connectivity index (χ4n) is 3.36. The molecule has 142 valence electrons. The first-order valence-corrected chi connectivity index (χ1v) is 8.96. The number of ether oxygens (including phenoxy) is 1. The third-order valence-electron chi connectivity index (χ3n) is 4.81. The molecule has 2 heterocycles. The van der Waals surface area contributed by atoms with E-state index in [9.17, 15) is 9.59 Å². The first-order chi connectivity index (χ1) is 13.6. The van der Waals surface area contributed by atoms with Crippen molar-refractivity contribution >= 4 is 23.3 Å². The van der Waals surface area contributed by atoms with Crippen molar-refractivity contribution in [3.8, 4) is 5.69 Å². The zero-order valence-electron chi connectivity index (χ0n) is 15.7. The van der Waals surface area contributed by atoms with Crippen LogP contribution in [0.4, 0.5) is 11.4 Å². The molecule has 1 aliphatic rings. The maximum Gasteiger partial charge on any atom is 0.358 e. The van der Waals surface area contributed by atoms with Crippen molar-refractivity contribution in [3.05, 3.63) is 72.1 Å². The molecule has 7 nitrogen and oxygen atoms in total. The summed E-state index contributed by atoms with van der Waals surface area (Å²) in [6, 6.07) is 18.5. The molecule has 28 heavy (non-hydrogen) atoms. The van der Waals surface area contributed by atoms with Crippen LogP contribution >= 0.6 is 0 Å². The molecule has 0 radical (unpaired) electrons. The standard InChI is InChI=1S/C21H20N4O3/c1-23-12-13-24(18-11-7-6-10-17(18)23)20(26)19-14-16(21(27)28-2)22-25(19)15-8-4-3-5-9-15/h3-11,14H,12-13H2,1-2H3. The van der Waals surface area contributed by atoms with Crippen molar-refractivity contribution in [2.75, 3.05) is 37.0 Å². The number of para-hydroxylation sites is 3. The molecule has 1 aromatic heterocycles. The van der Waals surface area contributed by atoms with Crippen LogP contribution in [0.3, 0.4) is 0 Å². The fourth-order valence-corrected chi connectivity index (χ4v) is 3.36. The topological polar surface area (TPSA) is 67.7 Å². The summed E-state index contributed by atoms with van der Waals surface area (Å²) in [6.07, 6.45) is 0. The fraction of sp³-hybridized carbons (Fsp3) is 0.190. The normalized spacial score (nSPS) is 13.2. The molecule has 0 atom stereocenters. The Balaban J connectivity index is 1.81. The number of nitrogens with zero attached hydrogens (tertiary/aromatic N) is 4. The molecule has 0 N–H and O–H groups in total. The molecule has 3 aromatic rings. The number of amides is 1. The molecule has 1 amide bonds. The number of esters is 1. The van der Waals surface area contributed by atoms with Gasteiger partial charge in [0.25, 0.3) is 5.91 Å². The van der Waals surface area contributed by atoms with E-state index in [1.165, 1.54) is 17.9 Å². The zero-order chi connectivity index (χ0) is 19.7. The van der Waals surface area contributed by atoms with Gasteiger partial charge in [-0.2, -0.15) is 5.10 Å². The predicted molar refractivity (Wildman–Crippen MR) is 106 cm³/mol. The summed E-state index contributed by atoms with van der Waals surface area (Å²) in [5.74, 6) is -0.797. The van der Waals surface area contributed by atoms with Crippen LogP contribution in [0.15, 0.2) is 60.7 Å². The van der Waals surface area contributed by atoms with Gasteiger partial charge in [-0.15, -0.1) is 0 Å². The van der Waals surface area contributed by atoms with E-state index in [1.807, 2.05) is 61.6 Å². The van der Waals surface area contributed by atoms with Gasteiger partial charge in [0.1, 0.15) is 5.69 Å². The maximum atomic E-state index is 13.5. The van der Waals surface area contributed by atoms with Gasteiger partial charge < -0.3 is 14.5 Å². The molecule has 4 rings (SSSR count). The number of methoxy groups -OCH3 is 1. The van der Waals surface area contributed by atoms with Crippen molar-refractivity contribution in [2.45, 2.75) is 0 Å². The highest BCUT2D eigenvalue weighted by molar-refractivity contribution is 6.08. The van der Waals surface area contributed by atoms with E-state index < -0.39 is 5.97 Å². The largest absolute Gasteiger partial charge is 0.464 e. The highest BCUT2D eigenvalue weighted by atomic mass is 16.5.